The van der Waals surface area contributed by atoms with Gasteiger partial charge in [-0.25, -0.2) is 4.98 Å². The Morgan fingerprint density at radius 3 is 2.46 bits per heavy atom. The van der Waals surface area contributed by atoms with Gasteiger partial charge in [-0.1, -0.05) is 11.6 Å². The van der Waals surface area contributed by atoms with Crippen molar-refractivity contribution in [2.75, 3.05) is 17.7 Å². The second-order valence-electron chi connectivity index (χ2n) is 5.70. The van der Waals surface area contributed by atoms with Gasteiger partial charge < -0.3 is 15.4 Å². The third-order valence-corrected chi connectivity index (χ3v) is 4.06. The first-order chi connectivity index (χ1) is 12.5. The fourth-order valence-corrected chi connectivity index (χ4v) is 2.62. The molecule has 0 saturated carbocycles. The topological polar surface area (TPSA) is 63.2 Å². The van der Waals surface area contributed by atoms with Crippen molar-refractivity contribution >= 4 is 34.7 Å². The summed E-state index contributed by atoms with van der Waals surface area (Å²) in [5, 5.41) is 6.74. The van der Waals surface area contributed by atoms with Gasteiger partial charge in [-0.15, -0.1) is 0 Å². The van der Waals surface area contributed by atoms with Crippen LogP contribution in [0.1, 0.15) is 15.9 Å². The number of pyridine rings is 1. The zero-order valence-corrected chi connectivity index (χ0v) is 15.2. The number of ether oxygens (including phenoxy) is 1. The number of benzene rings is 2. The molecule has 0 spiro atoms. The van der Waals surface area contributed by atoms with Crippen LogP contribution in [-0.2, 0) is 0 Å². The highest BCUT2D eigenvalue weighted by Crippen LogP contribution is 2.23. The second-order valence-corrected chi connectivity index (χ2v) is 6.14. The maximum Gasteiger partial charge on any atom is 0.256 e. The quantitative estimate of drug-likeness (QED) is 0.662. The van der Waals surface area contributed by atoms with E-state index in [1.165, 1.54) is 0 Å². The maximum atomic E-state index is 12.2. The molecule has 132 valence electrons. The smallest absolute Gasteiger partial charge is 0.256 e. The Morgan fingerprint density at radius 2 is 1.85 bits per heavy atom. The number of hydrogen-bond donors (Lipinski definition) is 2. The van der Waals surface area contributed by atoms with E-state index in [0.29, 0.717) is 22.2 Å². The Bertz CT molecular complexity index is 909. The minimum Gasteiger partial charge on any atom is -0.497 e. The summed E-state index contributed by atoms with van der Waals surface area (Å²) in [4.78, 5) is 16.5. The molecule has 2 aromatic carbocycles. The molecule has 2 N–H and O–H groups in total. The number of amides is 1. The third-order valence-electron chi connectivity index (χ3n) is 3.82. The van der Waals surface area contributed by atoms with E-state index in [4.69, 9.17) is 16.3 Å². The largest absolute Gasteiger partial charge is 0.497 e. The molecule has 0 atom stereocenters. The molecule has 1 heterocycles. The van der Waals surface area contributed by atoms with Gasteiger partial charge >= 0.3 is 0 Å². The summed E-state index contributed by atoms with van der Waals surface area (Å²) in [7, 11) is 1.58. The van der Waals surface area contributed by atoms with Crippen molar-refractivity contribution in [1.82, 2.24) is 4.98 Å². The molecule has 6 heteroatoms. The van der Waals surface area contributed by atoms with E-state index in [1.807, 2.05) is 31.2 Å². The van der Waals surface area contributed by atoms with Crippen molar-refractivity contribution in [3.63, 3.8) is 0 Å². The average molecular weight is 368 g/mol. The van der Waals surface area contributed by atoms with Crippen LogP contribution in [0.3, 0.4) is 0 Å². The fourth-order valence-electron chi connectivity index (χ4n) is 2.40. The number of hydrogen-bond acceptors (Lipinski definition) is 4. The minimum absolute atomic E-state index is 0.227. The van der Waals surface area contributed by atoms with Crippen molar-refractivity contribution in [2.45, 2.75) is 6.92 Å². The first kappa shape index (κ1) is 17.8. The van der Waals surface area contributed by atoms with Gasteiger partial charge in [0.05, 0.1) is 19.0 Å². The van der Waals surface area contributed by atoms with Gasteiger partial charge in [0.15, 0.2) is 0 Å². The molecular formula is C20H18ClN3O2. The highest BCUT2D eigenvalue weighted by atomic mass is 35.5. The van der Waals surface area contributed by atoms with Crippen LogP contribution in [0, 0.1) is 6.92 Å². The van der Waals surface area contributed by atoms with Gasteiger partial charge in [-0.2, -0.15) is 0 Å². The number of nitrogens with zero attached hydrogens (tertiary/aromatic N) is 1. The molecule has 1 aromatic heterocycles. The molecule has 0 saturated heterocycles. The number of aromatic nitrogens is 1. The lowest BCUT2D eigenvalue weighted by Gasteiger charge is -2.10. The Balaban J connectivity index is 1.66. The molecule has 26 heavy (non-hydrogen) atoms. The number of halogens is 1. The van der Waals surface area contributed by atoms with E-state index in [1.54, 1.807) is 43.6 Å². The predicted molar refractivity (Wildman–Crippen MR) is 105 cm³/mol. The minimum atomic E-state index is -0.227. The molecule has 0 aliphatic rings. The number of methoxy groups -OCH3 is 1. The first-order valence-electron chi connectivity index (χ1n) is 8.00. The van der Waals surface area contributed by atoms with E-state index in [9.17, 15) is 4.79 Å². The summed E-state index contributed by atoms with van der Waals surface area (Å²) in [6.07, 6.45) is 1.66. The third kappa shape index (κ3) is 4.32. The zero-order valence-electron chi connectivity index (χ0n) is 14.4. The number of carbonyl (C=O) groups excluding carboxylic acids is 1. The molecule has 3 aromatic rings. The van der Waals surface area contributed by atoms with Gasteiger partial charge in [-0.3, -0.25) is 4.79 Å². The SMILES string of the molecule is COc1ccc(C(=O)Nc2ccc(Nc3ccc(Cl)cc3C)cn2)cc1. The molecule has 0 aliphatic carbocycles. The van der Waals surface area contributed by atoms with Crippen LogP contribution in [0.2, 0.25) is 5.02 Å². The van der Waals surface area contributed by atoms with Crippen molar-refractivity contribution in [2.24, 2.45) is 0 Å². The Labute approximate surface area is 157 Å². The van der Waals surface area contributed by atoms with Crippen molar-refractivity contribution in [1.29, 1.82) is 0 Å². The molecule has 0 bridgehead atoms. The van der Waals surface area contributed by atoms with Gasteiger partial charge in [0.25, 0.3) is 5.91 Å². The standard InChI is InChI=1S/C20H18ClN3O2/c1-13-11-15(21)5-9-18(13)23-16-6-10-19(22-12-16)24-20(25)14-3-7-17(26-2)8-4-14/h3-12,23H,1-2H3,(H,22,24,25). The first-order valence-corrected chi connectivity index (χ1v) is 8.37. The molecule has 5 nitrogen and oxygen atoms in total. The highest BCUT2D eigenvalue weighted by molar-refractivity contribution is 6.30. The van der Waals surface area contributed by atoms with Crippen molar-refractivity contribution in [3.05, 3.63) is 76.9 Å². The van der Waals surface area contributed by atoms with Crippen LogP contribution < -0.4 is 15.4 Å². The van der Waals surface area contributed by atoms with Crippen LogP contribution in [0.4, 0.5) is 17.2 Å². The summed E-state index contributed by atoms with van der Waals surface area (Å²) in [5.41, 5.74) is 3.34. The van der Waals surface area contributed by atoms with E-state index >= 15 is 0 Å². The molecule has 0 unspecified atom stereocenters. The van der Waals surface area contributed by atoms with Gasteiger partial charge in [0.2, 0.25) is 0 Å². The van der Waals surface area contributed by atoms with E-state index in [0.717, 1.165) is 16.9 Å². The van der Waals surface area contributed by atoms with Gasteiger partial charge in [0, 0.05) is 16.3 Å². The Hall–Kier alpha value is -3.05. The van der Waals surface area contributed by atoms with Crippen LogP contribution in [0.25, 0.3) is 0 Å². The molecule has 0 fully saturated rings. The van der Waals surface area contributed by atoms with Crippen molar-refractivity contribution < 1.29 is 9.53 Å². The van der Waals surface area contributed by atoms with Gasteiger partial charge in [-0.05, 0) is 67.1 Å². The summed E-state index contributed by atoms with van der Waals surface area (Å²) in [5.74, 6) is 0.950. The summed E-state index contributed by atoms with van der Waals surface area (Å²) in [6, 6.07) is 16.1. The molecule has 3 rings (SSSR count). The van der Waals surface area contributed by atoms with Crippen LogP contribution in [0.5, 0.6) is 5.75 Å². The number of nitrogens with one attached hydrogen (secondary N) is 2. The normalized spacial score (nSPS) is 10.3. The lowest BCUT2D eigenvalue weighted by Crippen LogP contribution is -2.12. The lowest BCUT2D eigenvalue weighted by molar-refractivity contribution is 0.102. The van der Waals surface area contributed by atoms with Crippen LogP contribution >= 0.6 is 11.6 Å². The summed E-state index contributed by atoms with van der Waals surface area (Å²) in [6.45, 7) is 1.98. The zero-order chi connectivity index (χ0) is 18.5. The van der Waals surface area contributed by atoms with Crippen LogP contribution in [0.15, 0.2) is 60.8 Å². The molecule has 1 amide bonds. The molecular weight excluding hydrogens is 350 g/mol. The van der Waals surface area contributed by atoms with Crippen LogP contribution in [-0.4, -0.2) is 18.0 Å². The van der Waals surface area contributed by atoms with Gasteiger partial charge in [0.1, 0.15) is 11.6 Å². The Kier molecular flexibility index (Phi) is 5.39. The average Bonchev–Trinajstić information content (AvgIpc) is 2.65. The monoisotopic (exact) mass is 367 g/mol. The van der Waals surface area contributed by atoms with E-state index < -0.39 is 0 Å². The number of aryl methyl sites for hydroxylation is 1. The number of rotatable bonds is 5. The lowest BCUT2D eigenvalue weighted by atomic mass is 10.2. The Morgan fingerprint density at radius 1 is 1.08 bits per heavy atom. The fraction of sp³-hybridized carbons (Fsp3) is 0.100. The summed E-state index contributed by atoms with van der Waals surface area (Å²) >= 11 is 5.97. The summed E-state index contributed by atoms with van der Waals surface area (Å²) < 4.78 is 5.09. The molecule has 0 aliphatic heterocycles. The van der Waals surface area contributed by atoms with E-state index in [2.05, 4.69) is 15.6 Å². The molecule has 0 radical (unpaired) electrons. The maximum absolute atomic E-state index is 12.2. The van der Waals surface area contributed by atoms with E-state index in [-0.39, 0.29) is 5.91 Å². The highest BCUT2D eigenvalue weighted by Gasteiger charge is 2.07. The number of anilines is 3. The van der Waals surface area contributed by atoms with Crippen molar-refractivity contribution in [3.8, 4) is 5.75 Å². The predicted octanol–water partition coefficient (Wildman–Crippen LogP) is 5.05. The second kappa shape index (κ2) is 7.89. The number of carbonyl (C=O) groups is 1.